The SMILES string of the molecule is Cc1ccc(-c2nc3c([nH]2)c(=O)[nH]c(=O)n3C)c(Br)c1. The molecule has 0 fully saturated rings. The zero-order valence-corrected chi connectivity index (χ0v) is 12.4. The van der Waals surface area contributed by atoms with Crippen molar-refractivity contribution in [1.29, 1.82) is 0 Å². The van der Waals surface area contributed by atoms with Crippen LogP contribution in [0, 0.1) is 6.92 Å². The Hall–Kier alpha value is -2.15. The molecule has 0 spiro atoms. The first-order valence-corrected chi connectivity index (χ1v) is 6.72. The topological polar surface area (TPSA) is 83.5 Å². The molecule has 1 aromatic carbocycles. The Kier molecular flexibility index (Phi) is 2.86. The van der Waals surface area contributed by atoms with E-state index in [1.54, 1.807) is 7.05 Å². The van der Waals surface area contributed by atoms with Gasteiger partial charge in [0.15, 0.2) is 5.65 Å². The number of rotatable bonds is 1. The van der Waals surface area contributed by atoms with Gasteiger partial charge in [-0.25, -0.2) is 9.78 Å². The Bertz CT molecular complexity index is 936. The summed E-state index contributed by atoms with van der Waals surface area (Å²) in [4.78, 5) is 32.9. The molecule has 6 nitrogen and oxygen atoms in total. The van der Waals surface area contributed by atoms with E-state index in [-0.39, 0.29) is 5.52 Å². The predicted molar refractivity (Wildman–Crippen MR) is 79.8 cm³/mol. The lowest BCUT2D eigenvalue weighted by atomic mass is 10.1. The summed E-state index contributed by atoms with van der Waals surface area (Å²) in [6.07, 6.45) is 0. The standard InChI is InChI=1S/C13H11BrN4O2/c1-6-3-4-7(8(14)5-6)10-15-9-11(16-10)18(2)13(20)17-12(9)19/h3-5H,1-2H3,(H,15,16)(H,17,19,20). The lowest BCUT2D eigenvalue weighted by Gasteiger charge is -2.01. The van der Waals surface area contributed by atoms with E-state index >= 15 is 0 Å². The zero-order valence-electron chi connectivity index (χ0n) is 10.8. The number of hydrogen-bond donors (Lipinski definition) is 2. The summed E-state index contributed by atoms with van der Waals surface area (Å²) >= 11 is 3.48. The van der Waals surface area contributed by atoms with Crippen LogP contribution in [0.2, 0.25) is 0 Å². The third-order valence-electron chi connectivity index (χ3n) is 3.13. The lowest BCUT2D eigenvalue weighted by Crippen LogP contribution is -2.28. The Morgan fingerprint density at radius 2 is 2.00 bits per heavy atom. The number of nitrogens with zero attached hydrogens (tertiary/aromatic N) is 2. The molecule has 0 aliphatic rings. The molecule has 0 amide bonds. The van der Waals surface area contributed by atoms with E-state index in [9.17, 15) is 9.59 Å². The maximum Gasteiger partial charge on any atom is 0.329 e. The van der Waals surface area contributed by atoms with Crippen molar-refractivity contribution in [3.8, 4) is 11.4 Å². The first kappa shape index (κ1) is 12.9. The molecule has 102 valence electrons. The summed E-state index contributed by atoms with van der Waals surface area (Å²) in [5.41, 5.74) is 1.62. The number of nitrogens with one attached hydrogen (secondary N) is 2. The second kappa shape index (κ2) is 4.45. The quantitative estimate of drug-likeness (QED) is 0.710. The van der Waals surface area contributed by atoms with Crippen molar-refractivity contribution in [3.63, 3.8) is 0 Å². The van der Waals surface area contributed by atoms with Gasteiger partial charge in [-0.05, 0) is 24.6 Å². The summed E-state index contributed by atoms with van der Waals surface area (Å²) in [7, 11) is 1.56. The number of H-pyrrole nitrogens is 2. The number of aromatic amines is 2. The normalized spacial score (nSPS) is 11.2. The van der Waals surface area contributed by atoms with Gasteiger partial charge in [-0.3, -0.25) is 14.3 Å². The second-order valence-electron chi connectivity index (χ2n) is 4.59. The molecule has 0 bridgehead atoms. The van der Waals surface area contributed by atoms with E-state index < -0.39 is 11.2 Å². The van der Waals surface area contributed by atoms with Gasteiger partial charge in [0.25, 0.3) is 5.56 Å². The molecule has 2 heterocycles. The number of halogens is 1. The van der Waals surface area contributed by atoms with Gasteiger partial charge >= 0.3 is 5.69 Å². The first-order chi connectivity index (χ1) is 9.47. The Morgan fingerprint density at radius 1 is 1.25 bits per heavy atom. The van der Waals surface area contributed by atoms with Gasteiger partial charge in [-0.15, -0.1) is 0 Å². The third-order valence-corrected chi connectivity index (χ3v) is 3.79. The molecule has 0 aliphatic carbocycles. The molecule has 2 aromatic heterocycles. The van der Waals surface area contributed by atoms with E-state index in [2.05, 4.69) is 30.9 Å². The zero-order chi connectivity index (χ0) is 14.4. The average molecular weight is 335 g/mol. The Balaban J connectivity index is 2.34. The molecule has 0 atom stereocenters. The summed E-state index contributed by atoms with van der Waals surface area (Å²) in [6, 6.07) is 5.83. The highest BCUT2D eigenvalue weighted by Crippen LogP contribution is 2.27. The third kappa shape index (κ3) is 1.90. The van der Waals surface area contributed by atoms with E-state index in [1.807, 2.05) is 25.1 Å². The van der Waals surface area contributed by atoms with Crippen molar-refractivity contribution in [2.75, 3.05) is 0 Å². The summed E-state index contributed by atoms with van der Waals surface area (Å²) in [6.45, 7) is 1.99. The highest BCUT2D eigenvalue weighted by Gasteiger charge is 2.13. The average Bonchev–Trinajstić information content (AvgIpc) is 2.81. The van der Waals surface area contributed by atoms with Crippen LogP contribution in [0.1, 0.15) is 5.56 Å². The molecule has 3 rings (SSSR count). The van der Waals surface area contributed by atoms with Crippen LogP contribution in [0.15, 0.2) is 32.3 Å². The van der Waals surface area contributed by atoms with Crippen molar-refractivity contribution in [1.82, 2.24) is 19.5 Å². The minimum absolute atomic E-state index is 0.287. The minimum atomic E-state index is -0.483. The Morgan fingerprint density at radius 3 is 2.70 bits per heavy atom. The fourth-order valence-corrected chi connectivity index (χ4v) is 2.73. The van der Waals surface area contributed by atoms with E-state index in [1.165, 1.54) is 4.57 Å². The van der Waals surface area contributed by atoms with Crippen LogP contribution in [0.5, 0.6) is 0 Å². The molecule has 0 radical (unpaired) electrons. The van der Waals surface area contributed by atoms with Gasteiger partial charge in [0, 0.05) is 17.1 Å². The molecule has 0 unspecified atom stereocenters. The number of imidazole rings is 1. The second-order valence-corrected chi connectivity index (χ2v) is 5.44. The summed E-state index contributed by atoms with van der Waals surface area (Å²) in [5.74, 6) is 0.540. The van der Waals surface area contributed by atoms with Crippen molar-refractivity contribution in [2.45, 2.75) is 6.92 Å². The predicted octanol–water partition coefficient (Wildman–Crippen LogP) is 1.69. The Labute approximate surface area is 121 Å². The van der Waals surface area contributed by atoms with Gasteiger partial charge in [0.2, 0.25) is 0 Å². The molecule has 3 aromatic rings. The van der Waals surface area contributed by atoms with Crippen LogP contribution in [0.25, 0.3) is 22.6 Å². The fraction of sp³-hybridized carbons (Fsp3) is 0.154. The molecule has 2 N–H and O–H groups in total. The van der Waals surface area contributed by atoms with Crippen LogP contribution < -0.4 is 11.2 Å². The van der Waals surface area contributed by atoms with Crippen LogP contribution in [0.4, 0.5) is 0 Å². The molecule has 0 saturated heterocycles. The minimum Gasteiger partial charge on any atom is -0.332 e. The molecule has 0 aliphatic heterocycles. The van der Waals surface area contributed by atoms with E-state index in [4.69, 9.17) is 0 Å². The smallest absolute Gasteiger partial charge is 0.329 e. The van der Waals surface area contributed by atoms with E-state index in [0.717, 1.165) is 15.6 Å². The van der Waals surface area contributed by atoms with Gasteiger partial charge in [0.05, 0.1) is 0 Å². The van der Waals surface area contributed by atoms with Crippen LogP contribution in [0.3, 0.4) is 0 Å². The molecular formula is C13H11BrN4O2. The van der Waals surface area contributed by atoms with Crippen LogP contribution >= 0.6 is 15.9 Å². The van der Waals surface area contributed by atoms with Crippen LogP contribution in [-0.4, -0.2) is 19.5 Å². The van der Waals surface area contributed by atoms with Crippen molar-refractivity contribution < 1.29 is 0 Å². The lowest BCUT2D eigenvalue weighted by molar-refractivity contribution is 0.832. The number of fused-ring (bicyclic) bond motifs is 1. The summed E-state index contributed by atoms with van der Waals surface area (Å²) in [5, 5.41) is 0. The molecule has 7 heteroatoms. The molecular weight excluding hydrogens is 324 g/mol. The molecule has 20 heavy (non-hydrogen) atoms. The van der Waals surface area contributed by atoms with Crippen molar-refractivity contribution in [3.05, 3.63) is 49.1 Å². The number of aromatic nitrogens is 4. The van der Waals surface area contributed by atoms with Crippen molar-refractivity contribution in [2.24, 2.45) is 7.05 Å². The van der Waals surface area contributed by atoms with E-state index in [0.29, 0.717) is 11.5 Å². The van der Waals surface area contributed by atoms with Gasteiger partial charge in [0.1, 0.15) is 11.3 Å². The van der Waals surface area contributed by atoms with Crippen LogP contribution in [-0.2, 0) is 7.05 Å². The maximum atomic E-state index is 11.8. The monoisotopic (exact) mass is 334 g/mol. The number of aryl methyl sites for hydroxylation is 2. The fourth-order valence-electron chi connectivity index (χ4n) is 2.04. The largest absolute Gasteiger partial charge is 0.332 e. The van der Waals surface area contributed by atoms with Gasteiger partial charge in [-0.2, -0.15) is 0 Å². The van der Waals surface area contributed by atoms with Gasteiger partial charge in [-0.1, -0.05) is 22.0 Å². The van der Waals surface area contributed by atoms with Gasteiger partial charge < -0.3 is 4.98 Å². The first-order valence-electron chi connectivity index (χ1n) is 5.93. The highest BCUT2D eigenvalue weighted by atomic mass is 79.9. The number of hydrogen-bond acceptors (Lipinski definition) is 3. The van der Waals surface area contributed by atoms with Crippen molar-refractivity contribution >= 4 is 27.1 Å². The highest BCUT2D eigenvalue weighted by molar-refractivity contribution is 9.10. The number of benzene rings is 1. The summed E-state index contributed by atoms with van der Waals surface area (Å²) < 4.78 is 2.18. The molecule has 0 saturated carbocycles. The maximum absolute atomic E-state index is 11.8.